The van der Waals surface area contributed by atoms with E-state index in [2.05, 4.69) is 57.7 Å². The Morgan fingerprint density at radius 3 is 1.32 bits per heavy atom. The van der Waals surface area contributed by atoms with Gasteiger partial charge in [-0.05, 0) is 63.5 Å². The predicted molar refractivity (Wildman–Crippen MR) is 158 cm³/mol. The van der Waals surface area contributed by atoms with Gasteiger partial charge in [0, 0.05) is 48.9 Å². The minimum Gasteiger partial charge on any atom is -1.00 e. The summed E-state index contributed by atoms with van der Waals surface area (Å²) in [4.78, 5) is 0. The van der Waals surface area contributed by atoms with Crippen molar-refractivity contribution in [2.24, 2.45) is 0 Å². The molecular formula is C34H44I2N4. The normalized spacial score (nSPS) is 14.3. The van der Waals surface area contributed by atoms with Crippen molar-refractivity contribution >= 4 is 33.2 Å². The van der Waals surface area contributed by atoms with E-state index in [0.717, 1.165) is 37.3 Å². The second-order valence-electron chi connectivity index (χ2n) is 11.6. The molecule has 0 atom stereocenters. The molecule has 0 bridgehead atoms. The lowest BCUT2D eigenvalue weighted by atomic mass is 9.92. The molecule has 2 aromatic carbocycles. The number of aromatic nitrogens is 2. The Morgan fingerprint density at radius 2 is 0.875 bits per heavy atom. The van der Waals surface area contributed by atoms with E-state index >= 15 is 0 Å². The van der Waals surface area contributed by atoms with Gasteiger partial charge in [-0.2, -0.15) is 9.13 Å². The Kier molecular flexibility index (Phi) is 11.3. The van der Waals surface area contributed by atoms with Gasteiger partial charge in [0.2, 0.25) is 11.0 Å². The lowest BCUT2D eigenvalue weighted by Crippen LogP contribution is -3.00. The quantitative estimate of drug-likeness (QED) is 0.149. The van der Waals surface area contributed by atoms with Crippen LogP contribution >= 0.6 is 0 Å². The van der Waals surface area contributed by atoms with Crippen LogP contribution in [-0.4, -0.2) is 0 Å². The molecule has 0 saturated carbocycles. The summed E-state index contributed by atoms with van der Waals surface area (Å²) in [5, 5.41) is 2.48. The average molecular weight is 763 g/mol. The summed E-state index contributed by atoms with van der Waals surface area (Å²) in [6, 6.07) is 17.5. The van der Waals surface area contributed by atoms with Crippen molar-refractivity contribution in [2.45, 2.75) is 103 Å². The number of nitrogen functional groups attached to an aromatic ring is 2. The van der Waals surface area contributed by atoms with Crippen LogP contribution in [0.2, 0.25) is 0 Å². The van der Waals surface area contributed by atoms with Crippen LogP contribution in [0.25, 0.3) is 21.8 Å². The van der Waals surface area contributed by atoms with E-state index in [1.807, 2.05) is 0 Å². The van der Waals surface area contributed by atoms with Crippen molar-refractivity contribution < 1.29 is 57.1 Å². The Bertz CT molecular complexity index is 1360. The lowest BCUT2D eigenvalue weighted by molar-refractivity contribution is -0.680. The van der Waals surface area contributed by atoms with Crippen LogP contribution < -0.4 is 68.6 Å². The van der Waals surface area contributed by atoms with Crippen LogP contribution in [0.1, 0.15) is 86.7 Å². The first kappa shape index (κ1) is 31.3. The fraction of sp³-hybridized carbons (Fsp3) is 0.471. The van der Waals surface area contributed by atoms with Gasteiger partial charge in [-0.3, -0.25) is 0 Å². The van der Waals surface area contributed by atoms with Crippen molar-refractivity contribution in [1.82, 2.24) is 0 Å². The van der Waals surface area contributed by atoms with Crippen LogP contribution in [0.5, 0.6) is 0 Å². The van der Waals surface area contributed by atoms with Crippen LogP contribution in [0.4, 0.5) is 11.4 Å². The number of hydrogen-bond acceptors (Lipinski definition) is 2. The number of para-hydroxylation sites is 2. The Balaban J connectivity index is 0.00000185. The second-order valence-corrected chi connectivity index (χ2v) is 11.6. The SMILES string of the molecule is Nc1c2c([n+](CCCCCCCC[n+]3c4c(c(N)c5ccccc53)CCCC4)c3ccccc13)CCCC2.[I-].[I-]. The molecule has 40 heavy (non-hydrogen) atoms. The number of nitrogens with two attached hydrogens (primary N) is 2. The maximum atomic E-state index is 6.63. The monoisotopic (exact) mass is 762 g/mol. The summed E-state index contributed by atoms with van der Waals surface area (Å²) in [6.07, 6.45) is 17.5. The fourth-order valence-corrected chi connectivity index (χ4v) is 7.20. The predicted octanol–water partition coefficient (Wildman–Crippen LogP) is 0.539. The third-order valence-electron chi connectivity index (χ3n) is 9.16. The van der Waals surface area contributed by atoms with E-state index < -0.39 is 0 Å². The van der Waals surface area contributed by atoms with E-state index in [9.17, 15) is 0 Å². The molecule has 0 saturated heterocycles. The summed E-state index contributed by atoms with van der Waals surface area (Å²) in [5.41, 5.74) is 23.8. The highest BCUT2D eigenvalue weighted by molar-refractivity contribution is 5.90. The summed E-state index contributed by atoms with van der Waals surface area (Å²) >= 11 is 0. The van der Waals surface area contributed by atoms with Gasteiger partial charge in [0.25, 0.3) is 0 Å². The first-order chi connectivity index (χ1) is 18.7. The molecule has 2 aliphatic carbocycles. The molecule has 0 radical (unpaired) electrons. The number of fused-ring (bicyclic) bond motifs is 4. The zero-order valence-corrected chi connectivity index (χ0v) is 28.1. The first-order valence-electron chi connectivity index (χ1n) is 15.2. The van der Waals surface area contributed by atoms with E-state index in [0.29, 0.717) is 0 Å². The number of rotatable bonds is 9. The van der Waals surface area contributed by atoms with Gasteiger partial charge in [-0.1, -0.05) is 37.1 Å². The molecule has 0 aliphatic heterocycles. The summed E-state index contributed by atoms with van der Waals surface area (Å²) in [7, 11) is 0. The molecule has 4 nitrogen and oxygen atoms in total. The highest BCUT2D eigenvalue weighted by Gasteiger charge is 2.27. The molecule has 2 aromatic heterocycles. The van der Waals surface area contributed by atoms with Crippen LogP contribution in [-0.2, 0) is 38.8 Å². The topological polar surface area (TPSA) is 59.8 Å². The maximum Gasteiger partial charge on any atom is 0.214 e. The smallest absolute Gasteiger partial charge is 0.214 e. The molecule has 4 aromatic rings. The maximum absolute atomic E-state index is 6.63. The standard InChI is InChI=1S/C34H42N4.2HI/c35-33-25-15-5-9-19-29(25)37(30-20-10-6-16-26(30)33)23-13-3-1-2-4-14-24-38-31-21-11-7-17-27(31)34(36)28-18-8-12-22-32(28)38;;/h5,7,9,11,15,17,19,21,35-36H,1-4,6,8,10,12-14,16,18,20,22-24H2;2*1H. The van der Waals surface area contributed by atoms with Crippen LogP contribution in [0.3, 0.4) is 0 Å². The fourth-order valence-electron chi connectivity index (χ4n) is 7.20. The van der Waals surface area contributed by atoms with Gasteiger partial charge in [0.1, 0.15) is 13.1 Å². The van der Waals surface area contributed by atoms with Crippen molar-refractivity contribution in [2.75, 3.05) is 11.5 Å². The van der Waals surface area contributed by atoms with Gasteiger partial charge in [0.15, 0.2) is 11.4 Å². The lowest BCUT2D eigenvalue weighted by Gasteiger charge is -2.19. The summed E-state index contributed by atoms with van der Waals surface area (Å²) in [5.74, 6) is 0. The molecule has 0 amide bonds. The molecule has 2 aliphatic rings. The molecule has 6 heteroatoms. The Morgan fingerprint density at radius 1 is 0.500 bits per heavy atom. The van der Waals surface area contributed by atoms with Gasteiger partial charge in [-0.25, -0.2) is 0 Å². The van der Waals surface area contributed by atoms with Crippen LogP contribution in [0.15, 0.2) is 48.5 Å². The number of halogens is 2. The number of pyridine rings is 2. The number of hydrogen-bond donors (Lipinski definition) is 2. The summed E-state index contributed by atoms with van der Waals surface area (Å²) in [6.45, 7) is 2.23. The molecule has 0 spiro atoms. The minimum absolute atomic E-state index is 0. The van der Waals surface area contributed by atoms with E-state index in [1.165, 1.54) is 121 Å². The molecule has 0 fully saturated rings. The van der Waals surface area contributed by atoms with Gasteiger partial charge >= 0.3 is 0 Å². The number of anilines is 2. The molecular weight excluding hydrogens is 718 g/mol. The van der Waals surface area contributed by atoms with E-state index in [-0.39, 0.29) is 48.0 Å². The number of aryl methyl sites for hydroxylation is 2. The van der Waals surface area contributed by atoms with Crippen molar-refractivity contribution in [3.05, 3.63) is 71.0 Å². The molecule has 4 N–H and O–H groups in total. The number of benzene rings is 2. The molecule has 2 heterocycles. The highest BCUT2D eigenvalue weighted by Crippen LogP contribution is 2.31. The Labute approximate surface area is 274 Å². The van der Waals surface area contributed by atoms with Gasteiger partial charge in [-0.15, -0.1) is 0 Å². The number of nitrogens with zero attached hydrogens (tertiary/aromatic N) is 2. The second kappa shape index (κ2) is 14.5. The van der Waals surface area contributed by atoms with Gasteiger partial charge < -0.3 is 59.4 Å². The third-order valence-corrected chi connectivity index (χ3v) is 9.16. The highest BCUT2D eigenvalue weighted by atomic mass is 127. The molecule has 6 rings (SSSR count). The average Bonchev–Trinajstić information content (AvgIpc) is 2.97. The van der Waals surface area contributed by atoms with Crippen LogP contribution in [0, 0.1) is 0 Å². The zero-order chi connectivity index (χ0) is 25.9. The van der Waals surface area contributed by atoms with Crippen molar-refractivity contribution in [3.8, 4) is 0 Å². The number of unbranched alkanes of at least 4 members (excludes halogenated alkanes) is 5. The van der Waals surface area contributed by atoms with E-state index in [4.69, 9.17) is 11.5 Å². The first-order valence-corrected chi connectivity index (χ1v) is 15.2. The van der Waals surface area contributed by atoms with Gasteiger partial charge in [0.05, 0.1) is 22.1 Å². The Hall–Kier alpha value is -1.68. The third kappa shape index (κ3) is 6.22. The largest absolute Gasteiger partial charge is 1.00 e. The molecule has 214 valence electrons. The zero-order valence-electron chi connectivity index (χ0n) is 23.7. The molecule has 0 unspecified atom stereocenters. The van der Waals surface area contributed by atoms with E-state index in [1.54, 1.807) is 0 Å². The van der Waals surface area contributed by atoms with Crippen molar-refractivity contribution in [1.29, 1.82) is 0 Å². The summed E-state index contributed by atoms with van der Waals surface area (Å²) < 4.78 is 5.21. The minimum atomic E-state index is 0. The van der Waals surface area contributed by atoms with Crippen molar-refractivity contribution in [3.63, 3.8) is 0 Å².